The van der Waals surface area contributed by atoms with Crippen molar-refractivity contribution in [1.29, 1.82) is 0 Å². The van der Waals surface area contributed by atoms with E-state index >= 15 is 0 Å². The Morgan fingerprint density at radius 2 is 2.25 bits per heavy atom. The first-order valence-corrected chi connectivity index (χ1v) is 4.97. The Morgan fingerprint density at radius 3 is 2.67 bits per heavy atom. The van der Waals surface area contributed by atoms with Crippen LogP contribution in [0.25, 0.3) is 0 Å². The molecule has 1 aliphatic heterocycles. The number of hydrogen-bond donors (Lipinski definition) is 0. The molecule has 0 radical (unpaired) electrons. The minimum absolute atomic E-state index is 0.266. The zero-order chi connectivity index (χ0) is 9.14. The van der Waals surface area contributed by atoms with Crippen LogP contribution in [-0.4, -0.2) is 27.0 Å². The first-order chi connectivity index (χ1) is 5.70. The number of carbonyl (C=O) groups is 1. The minimum atomic E-state index is 0.266. The van der Waals surface area contributed by atoms with Crippen LogP contribution in [-0.2, 0) is 4.79 Å². The summed E-state index contributed by atoms with van der Waals surface area (Å²) in [5, 5.41) is 0. The molecule has 5 heteroatoms. The van der Waals surface area contributed by atoms with E-state index in [1.165, 1.54) is 11.8 Å². The Labute approximate surface area is 86.0 Å². The van der Waals surface area contributed by atoms with E-state index in [9.17, 15) is 4.79 Å². The molecule has 1 fully saturated rings. The molecular formula is C7H7NOS3. The summed E-state index contributed by atoms with van der Waals surface area (Å²) in [5.74, 6) is 0. The van der Waals surface area contributed by atoms with Crippen molar-refractivity contribution in [3.05, 3.63) is 11.0 Å². The van der Waals surface area contributed by atoms with Gasteiger partial charge in [0.1, 0.15) is 15.6 Å². The molecule has 12 heavy (non-hydrogen) atoms. The van der Waals surface area contributed by atoms with Crippen molar-refractivity contribution in [1.82, 2.24) is 4.90 Å². The van der Waals surface area contributed by atoms with Crippen molar-refractivity contribution in [3.8, 4) is 0 Å². The van der Waals surface area contributed by atoms with Crippen molar-refractivity contribution < 1.29 is 4.79 Å². The van der Waals surface area contributed by atoms with Crippen LogP contribution in [0.2, 0.25) is 0 Å². The molecule has 0 amide bonds. The van der Waals surface area contributed by atoms with Gasteiger partial charge in [0.05, 0.1) is 6.54 Å². The lowest BCUT2D eigenvalue weighted by molar-refractivity contribution is -0.107. The van der Waals surface area contributed by atoms with Crippen molar-refractivity contribution in [2.24, 2.45) is 0 Å². The Balaban J connectivity index is 2.84. The number of allylic oxidation sites excluding steroid dienone is 1. The molecule has 0 bridgehead atoms. The van der Waals surface area contributed by atoms with Crippen LogP contribution < -0.4 is 0 Å². The Morgan fingerprint density at radius 1 is 1.58 bits per heavy atom. The summed E-state index contributed by atoms with van der Waals surface area (Å²) in [7, 11) is 0. The van der Waals surface area contributed by atoms with E-state index in [0.29, 0.717) is 9.31 Å². The fraction of sp³-hybridized carbons (Fsp3) is 0.286. The van der Waals surface area contributed by atoms with Gasteiger partial charge in [-0.15, -0.1) is 0 Å². The molecular weight excluding hydrogens is 210 g/mol. The highest BCUT2D eigenvalue weighted by molar-refractivity contribution is 8.27. The first-order valence-electron chi connectivity index (χ1n) is 3.34. The molecule has 1 saturated heterocycles. The summed E-state index contributed by atoms with van der Waals surface area (Å²) in [6, 6.07) is 0. The van der Waals surface area contributed by atoms with Gasteiger partial charge in [0.2, 0.25) is 0 Å². The van der Waals surface area contributed by atoms with Crippen molar-refractivity contribution in [2.45, 2.75) is 6.92 Å². The van der Waals surface area contributed by atoms with Crippen LogP contribution in [0, 0.1) is 0 Å². The standard InChI is InChI=1S/C7H7NOS3/c1-2-5-6(10)8(3-4-9)7(11)12-5/h2,4H,3H2,1H3/b5-2-. The summed E-state index contributed by atoms with van der Waals surface area (Å²) in [4.78, 5) is 13.6. The molecule has 2 nitrogen and oxygen atoms in total. The maximum atomic E-state index is 10.3. The molecule has 0 spiro atoms. The van der Waals surface area contributed by atoms with E-state index in [4.69, 9.17) is 24.4 Å². The molecule has 0 aromatic carbocycles. The lowest BCUT2D eigenvalue weighted by Gasteiger charge is -2.11. The molecule has 0 saturated carbocycles. The Bertz CT molecular complexity index is 272. The number of aldehydes is 1. The van der Waals surface area contributed by atoms with Gasteiger partial charge in [0.25, 0.3) is 0 Å². The largest absolute Gasteiger partial charge is 0.310 e. The third kappa shape index (κ3) is 1.73. The van der Waals surface area contributed by atoms with E-state index in [-0.39, 0.29) is 6.54 Å². The normalized spacial score (nSPS) is 20.8. The Hall–Kier alpha value is -0.260. The topological polar surface area (TPSA) is 20.3 Å². The lowest BCUT2D eigenvalue weighted by atomic mass is 10.4. The molecule has 0 N–H and O–H groups in total. The average Bonchev–Trinajstić information content (AvgIpc) is 2.32. The highest BCUT2D eigenvalue weighted by atomic mass is 32.2. The number of carbonyl (C=O) groups excluding carboxylic acids is 1. The highest BCUT2D eigenvalue weighted by Crippen LogP contribution is 2.31. The predicted molar refractivity (Wildman–Crippen MR) is 59.3 cm³/mol. The quantitative estimate of drug-likeness (QED) is 0.398. The van der Waals surface area contributed by atoms with Gasteiger partial charge in [0.15, 0.2) is 0 Å². The van der Waals surface area contributed by atoms with Gasteiger partial charge in [-0.25, -0.2) is 0 Å². The fourth-order valence-corrected chi connectivity index (χ4v) is 2.56. The van der Waals surface area contributed by atoms with Crippen LogP contribution >= 0.6 is 36.2 Å². The average molecular weight is 217 g/mol. The second-order valence-corrected chi connectivity index (χ2v) is 4.17. The molecule has 1 heterocycles. The van der Waals surface area contributed by atoms with Gasteiger partial charge < -0.3 is 9.69 Å². The van der Waals surface area contributed by atoms with Crippen molar-refractivity contribution in [2.75, 3.05) is 6.54 Å². The first kappa shape index (κ1) is 9.83. The van der Waals surface area contributed by atoms with Crippen LogP contribution in [0.3, 0.4) is 0 Å². The van der Waals surface area contributed by atoms with Gasteiger partial charge >= 0.3 is 0 Å². The number of thioether (sulfide) groups is 1. The van der Waals surface area contributed by atoms with E-state index in [1.807, 2.05) is 13.0 Å². The van der Waals surface area contributed by atoms with Gasteiger partial charge in [0, 0.05) is 4.91 Å². The molecule has 64 valence electrons. The second-order valence-electron chi connectivity index (χ2n) is 2.10. The molecule has 1 aliphatic rings. The zero-order valence-corrected chi connectivity index (χ0v) is 8.89. The van der Waals surface area contributed by atoms with E-state index in [2.05, 4.69) is 0 Å². The van der Waals surface area contributed by atoms with E-state index in [0.717, 1.165) is 11.2 Å². The van der Waals surface area contributed by atoms with Crippen molar-refractivity contribution >= 4 is 51.8 Å². The molecule has 1 rings (SSSR count). The van der Waals surface area contributed by atoms with Crippen LogP contribution in [0.4, 0.5) is 0 Å². The number of hydrogen-bond acceptors (Lipinski definition) is 4. The zero-order valence-electron chi connectivity index (χ0n) is 6.44. The third-order valence-corrected chi connectivity index (χ3v) is 3.48. The van der Waals surface area contributed by atoms with Crippen molar-refractivity contribution in [3.63, 3.8) is 0 Å². The monoisotopic (exact) mass is 217 g/mol. The van der Waals surface area contributed by atoms with E-state index in [1.54, 1.807) is 4.90 Å². The maximum absolute atomic E-state index is 10.3. The second kappa shape index (κ2) is 4.11. The number of rotatable bonds is 2. The highest BCUT2D eigenvalue weighted by Gasteiger charge is 2.26. The number of thiocarbonyl (C=S) groups is 2. The van der Waals surface area contributed by atoms with Gasteiger partial charge in [-0.05, 0) is 6.92 Å². The van der Waals surface area contributed by atoms with E-state index < -0.39 is 0 Å². The van der Waals surface area contributed by atoms with Gasteiger partial charge in [-0.2, -0.15) is 0 Å². The molecule has 0 atom stereocenters. The van der Waals surface area contributed by atoms with Crippen LogP contribution in [0.1, 0.15) is 6.92 Å². The SMILES string of the molecule is C/C=C1\SC(=S)N(CC=O)C1=S. The molecule has 0 aromatic rings. The predicted octanol–water partition coefficient (Wildman–Crippen LogP) is 1.75. The Kier molecular flexibility index (Phi) is 3.37. The molecule has 0 unspecified atom stereocenters. The molecule has 0 aromatic heterocycles. The molecule has 0 aliphatic carbocycles. The minimum Gasteiger partial charge on any atom is -0.310 e. The summed E-state index contributed by atoms with van der Waals surface area (Å²) in [5.41, 5.74) is 0. The smallest absolute Gasteiger partial charge is 0.146 e. The number of nitrogens with zero attached hydrogens (tertiary/aromatic N) is 1. The maximum Gasteiger partial charge on any atom is 0.146 e. The van der Waals surface area contributed by atoms with Gasteiger partial charge in [-0.1, -0.05) is 42.3 Å². The fourth-order valence-electron chi connectivity index (χ4n) is 0.823. The van der Waals surface area contributed by atoms with Gasteiger partial charge in [-0.3, -0.25) is 0 Å². The summed E-state index contributed by atoms with van der Waals surface area (Å²) >= 11 is 11.6. The van der Waals surface area contributed by atoms with Crippen LogP contribution in [0.15, 0.2) is 11.0 Å². The lowest BCUT2D eigenvalue weighted by Crippen LogP contribution is -2.28. The summed E-state index contributed by atoms with van der Waals surface area (Å²) < 4.78 is 0.667. The third-order valence-electron chi connectivity index (χ3n) is 1.39. The summed E-state index contributed by atoms with van der Waals surface area (Å²) in [6.07, 6.45) is 2.71. The van der Waals surface area contributed by atoms with Crippen LogP contribution in [0.5, 0.6) is 0 Å². The summed E-state index contributed by atoms with van der Waals surface area (Å²) in [6.45, 7) is 2.17.